The molecule has 0 aliphatic carbocycles. The molecule has 1 aromatic heterocycles. The van der Waals surface area contributed by atoms with Crippen molar-refractivity contribution in [2.45, 2.75) is 32.5 Å². The van der Waals surface area contributed by atoms with Crippen molar-refractivity contribution in [1.82, 2.24) is 10.2 Å². The quantitative estimate of drug-likeness (QED) is 0.885. The van der Waals surface area contributed by atoms with Gasteiger partial charge in [0.25, 0.3) is 5.91 Å². The number of benzene rings is 1. The highest BCUT2D eigenvalue weighted by atomic mass is 16.5. The van der Waals surface area contributed by atoms with Crippen LogP contribution in [0.2, 0.25) is 0 Å². The number of amides is 1. The van der Waals surface area contributed by atoms with Crippen LogP contribution in [0.5, 0.6) is 0 Å². The van der Waals surface area contributed by atoms with Gasteiger partial charge >= 0.3 is 0 Å². The minimum Gasteiger partial charge on any atom is -0.453 e. The average molecular weight is 328 g/mol. The lowest BCUT2D eigenvalue weighted by molar-refractivity contribution is 0.0896. The van der Waals surface area contributed by atoms with Gasteiger partial charge < -0.3 is 14.5 Å². The van der Waals surface area contributed by atoms with E-state index in [1.165, 1.54) is 11.1 Å². The molecule has 1 amide bonds. The topological polar surface area (TPSA) is 54.7 Å². The van der Waals surface area contributed by atoms with Gasteiger partial charge in [-0.2, -0.15) is 0 Å². The summed E-state index contributed by atoms with van der Waals surface area (Å²) >= 11 is 0. The predicted molar refractivity (Wildman–Crippen MR) is 91.8 cm³/mol. The van der Waals surface area contributed by atoms with Crippen molar-refractivity contribution in [2.75, 3.05) is 20.2 Å². The zero-order valence-corrected chi connectivity index (χ0v) is 14.2. The molecule has 0 saturated carbocycles. The summed E-state index contributed by atoms with van der Waals surface area (Å²) in [4.78, 5) is 14.6. The molecule has 24 heavy (non-hydrogen) atoms. The highest BCUT2D eigenvalue weighted by molar-refractivity contribution is 5.91. The van der Waals surface area contributed by atoms with Gasteiger partial charge in [-0.3, -0.25) is 9.69 Å². The van der Waals surface area contributed by atoms with Crippen molar-refractivity contribution in [3.8, 4) is 0 Å². The second-order valence-corrected chi connectivity index (χ2v) is 6.25. The fraction of sp³-hybridized carbons (Fsp3) is 0.421. The van der Waals surface area contributed by atoms with Crippen molar-refractivity contribution < 1.29 is 13.9 Å². The first-order chi connectivity index (χ1) is 11.7. The van der Waals surface area contributed by atoms with E-state index >= 15 is 0 Å². The van der Waals surface area contributed by atoms with Crippen LogP contribution in [0, 0.1) is 0 Å². The SMILES string of the molecule is COCc1ccc(C(=O)NCC(C)N2CCc3ccccc3C2)o1. The molecule has 1 unspecified atom stereocenters. The average Bonchev–Trinajstić information content (AvgIpc) is 3.08. The summed E-state index contributed by atoms with van der Waals surface area (Å²) in [5, 5.41) is 2.96. The maximum atomic E-state index is 12.2. The molecule has 1 aliphatic rings. The Hall–Kier alpha value is -2.11. The van der Waals surface area contributed by atoms with Gasteiger partial charge in [0.05, 0.1) is 0 Å². The number of carbonyl (C=O) groups excluding carboxylic acids is 1. The van der Waals surface area contributed by atoms with Crippen molar-refractivity contribution in [3.63, 3.8) is 0 Å². The van der Waals surface area contributed by atoms with E-state index in [4.69, 9.17) is 9.15 Å². The lowest BCUT2D eigenvalue weighted by Gasteiger charge is -2.33. The molecule has 1 N–H and O–H groups in total. The van der Waals surface area contributed by atoms with Crippen LogP contribution in [0.4, 0.5) is 0 Å². The summed E-state index contributed by atoms with van der Waals surface area (Å²) in [6.07, 6.45) is 1.06. The molecular weight excluding hydrogens is 304 g/mol. The minimum absolute atomic E-state index is 0.179. The van der Waals surface area contributed by atoms with Crippen molar-refractivity contribution >= 4 is 5.91 Å². The first-order valence-corrected chi connectivity index (χ1v) is 8.34. The number of methoxy groups -OCH3 is 1. The van der Waals surface area contributed by atoms with Gasteiger partial charge in [0, 0.05) is 32.8 Å². The summed E-state index contributed by atoms with van der Waals surface area (Å²) in [5.41, 5.74) is 2.82. The lowest BCUT2D eigenvalue weighted by Crippen LogP contribution is -2.44. The molecule has 0 saturated heterocycles. The monoisotopic (exact) mass is 328 g/mol. The van der Waals surface area contributed by atoms with Crippen LogP contribution < -0.4 is 5.32 Å². The summed E-state index contributed by atoms with van der Waals surface area (Å²) in [5.74, 6) is 0.809. The van der Waals surface area contributed by atoms with Crippen LogP contribution in [0.15, 0.2) is 40.8 Å². The van der Waals surface area contributed by atoms with Gasteiger partial charge in [0.15, 0.2) is 5.76 Å². The Kier molecular flexibility index (Phi) is 5.33. The molecule has 0 radical (unpaired) electrons. The molecule has 1 aliphatic heterocycles. The molecule has 128 valence electrons. The molecule has 2 heterocycles. The Morgan fingerprint density at radius 3 is 2.88 bits per heavy atom. The first-order valence-electron chi connectivity index (χ1n) is 8.34. The molecule has 3 rings (SSSR count). The van der Waals surface area contributed by atoms with E-state index in [1.54, 1.807) is 19.2 Å². The van der Waals surface area contributed by atoms with Crippen molar-refractivity contribution in [2.24, 2.45) is 0 Å². The van der Waals surface area contributed by atoms with E-state index in [0.717, 1.165) is 19.5 Å². The standard InChI is InChI=1S/C19H24N2O3/c1-14(21-10-9-15-5-3-4-6-16(15)12-21)11-20-19(22)18-8-7-17(24-18)13-23-2/h3-8,14H,9-13H2,1-2H3,(H,20,22). The van der Waals surface area contributed by atoms with Crippen LogP contribution in [-0.4, -0.2) is 37.0 Å². The zero-order valence-electron chi connectivity index (χ0n) is 14.2. The number of hydrogen-bond acceptors (Lipinski definition) is 4. The summed E-state index contributed by atoms with van der Waals surface area (Å²) in [7, 11) is 1.60. The van der Waals surface area contributed by atoms with Gasteiger partial charge in [0.1, 0.15) is 12.4 Å². The maximum absolute atomic E-state index is 12.2. The highest BCUT2D eigenvalue weighted by Gasteiger charge is 2.21. The van der Waals surface area contributed by atoms with Crippen LogP contribution in [0.1, 0.15) is 34.4 Å². The summed E-state index contributed by atoms with van der Waals surface area (Å²) in [6, 6.07) is 12.3. The molecule has 5 nitrogen and oxygen atoms in total. The fourth-order valence-corrected chi connectivity index (χ4v) is 3.07. The van der Waals surface area contributed by atoms with Gasteiger partial charge in [-0.05, 0) is 36.6 Å². The van der Waals surface area contributed by atoms with E-state index in [2.05, 4.69) is 41.4 Å². The van der Waals surface area contributed by atoms with Crippen molar-refractivity contribution in [1.29, 1.82) is 0 Å². The first kappa shape index (κ1) is 16.7. The number of furan rings is 1. The molecule has 0 fully saturated rings. The Bertz CT molecular complexity index is 695. The van der Waals surface area contributed by atoms with Crippen molar-refractivity contribution in [3.05, 3.63) is 59.0 Å². The van der Waals surface area contributed by atoms with Gasteiger partial charge in [0.2, 0.25) is 0 Å². The maximum Gasteiger partial charge on any atom is 0.287 e. The van der Waals surface area contributed by atoms with Crippen LogP contribution in [-0.2, 0) is 24.3 Å². The molecule has 5 heteroatoms. The number of ether oxygens (including phenoxy) is 1. The Morgan fingerprint density at radius 2 is 2.08 bits per heavy atom. The number of carbonyl (C=O) groups is 1. The molecule has 1 aromatic carbocycles. The molecule has 1 atom stereocenters. The normalized spacial score (nSPS) is 15.8. The lowest BCUT2D eigenvalue weighted by atomic mass is 9.99. The second kappa shape index (κ2) is 7.64. The highest BCUT2D eigenvalue weighted by Crippen LogP contribution is 2.20. The molecular formula is C19H24N2O3. The van der Waals surface area contributed by atoms with Crippen LogP contribution in [0.25, 0.3) is 0 Å². The Morgan fingerprint density at radius 1 is 1.29 bits per heavy atom. The minimum atomic E-state index is -0.179. The van der Waals surface area contributed by atoms with Crippen LogP contribution >= 0.6 is 0 Å². The third-order valence-corrected chi connectivity index (χ3v) is 4.51. The number of rotatable bonds is 6. The summed E-state index contributed by atoms with van der Waals surface area (Å²) < 4.78 is 10.5. The van der Waals surface area contributed by atoms with Gasteiger partial charge in [-0.15, -0.1) is 0 Å². The second-order valence-electron chi connectivity index (χ2n) is 6.25. The van der Waals surface area contributed by atoms with E-state index in [1.807, 2.05) is 0 Å². The zero-order chi connectivity index (χ0) is 16.9. The summed E-state index contributed by atoms with van der Waals surface area (Å²) in [6.45, 7) is 5.07. The largest absolute Gasteiger partial charge is 0.453 e. The van der Waals surface area contributed by atoms with Gasteiger partial charge in [-0.1, -0.05) is 24.3 Å². The Balaban J connectivity index is 1.52. The molecule has 2 aromatic rings. The molecule has 0 spiro atoms. The third-order valence-electron chi connectivity index (χ3n) is 4.51. The smallest absolute Gasteiger partial charge is 0.287 e. The number of nitrogens with zero attached hydrogens (tertiary/aromatic N) is 1. The molecule has 0 bridgehead atoms. The Labute approximate surface area is 142 Å². The predicted octanol–water partition coefficient (Wildman–Crippen LogP) is 2.60. The van der Waals surface area contributed by atoms with E-state index in [0.29, 0.717) is 24.7 Å². The van der Waals surface area contributed by atoms with E-state index < -0.39 is 0 Å². The van der Waals surface area contributed by atoms with Crippen LogP contribution in [0.3, 0.4) is 0 Å². The number of nitrogens with one attached hydrogen (secondary N) is 1. The van der Waals surface area contributed by atoms with E-state index in [-0.39, 0.29) is 11.9 Å². The number of fused-ring (bicyclic) bond motifs is 1. The van der Waals surface area contributed by atoms with Gasteiger partial charge in [-0.25, -0.2) is 0 Å². The number of hydrogen-bond donors (Lipinski definition) is 1. The fourth-order valence-electron chi connectivity index (χ4n) is 3.07. The van der Waals surface area contributed by atoms with E-state index in [9.17, 15) is 4.79 Å². The third kappa shape index (κ3) is 3.86.